The summed E-state index contributed by atoms with van der Waals surface area (Å²) in [5.41, 5.74) is 0.682. The Hall–Kier alpha value is -1.40. The summed E-state index contributed by atoms with van der Waals surface area (Å²) in [7, 11) is -3.66. The van der Waals surface area contributed by atoms with Crippen molar-refractivity contribution in [1.82, 2.24) is 4.72 Å². The van der Waals surface area contributed by atoms with Crippen molar-refractivity contribution in [3.8, 4) is 0 Å². The second-order valence-electron chi connectivity index (χ2n) is 5.23. The van der Waals surface area contributed by atoms with Crippen LogP contribution >= 0.6 is 0 Å². The molecule has 1 atom stereocenters. The number of aromatic carboxylic acids is 1. The van der Waals surface area contributed by atoms with Crippen molar-refractivity contribution in [2.24, 2.45) is 5.92 Å². The van der Waals surface area contributed by atoms with Crippen LogP contribution in [0.3, 0.4) is 0 Å². The van der Waals surface area contributed by atoms with Gasteiger partial charge in [-0.25, -0.2) is 17.9 Å². The Labute approximate surface area is 119 Å². The molecule has 20 heavy (non-hydrogen) atoms. The zero-order valence-corrected chi connectivity index (χ0v) is 12.4. The van der Waals surface area contributed by atoms with Crippen molar-refractivity contribution in [1.29, 1.82) is 0 Å². The Morgan fingerprint density at radius 3 is 2.60 bits per heavy atom. The smallest absolute Gasteiger partial charge is 0.336 e. The van der Waals surface area contributed by atoms with E-state index in [1.54, 1.807) is 6.07 Å². The van der Waals surface area contributed by atoms with Crippen molar-refractivity contribution in [2.75, 3.05) is 0 Å². The average molecular weight is 297 g/mol. The molecule has 1 aliphatic rings. The number of rotatable bonds is 6. The summed E-state index contributed by atoms with van der Waals surface area (Å²) >= 11 is 0. The van der Waals surface area contributed by atoms with Crippen LogP contribution in [0.5, 0.6) is 0 Å². The molecule has 1 aromatic rings. The van der Waals surface area contributed by atoms with E-state index < -0.39 is 16.0 Å². The minimum absolute atomic E-state index is 0.0135. The van der Waals surface area contributed by atoms with E-state index in [4.69, 9.17) is 5.11 Å². The van der Waals surface area contributed by atoms with Gasteiger partial charge in [0.05, 0.1) is 10.5 Å². The zero-order valence-electron chi connectivity index (χ0n) is 11.6. The number of carboxylic acid groups (broad SMARTS) is 1. The summed E-state index contributed by atoms with van der Waals surface area (Å²) in [5, 5.41) is 9.15. The van der Waals surface area contributed by atoms with Gasteiger partial charge in [0.25, 0.3) is 0 Å². The number of hydrogen-bond donors (Lipinski definition) is 2. The number of nitrogens with one attached hydrogen (secondary N) is 1. The first-order valence-electron chi connectivity index (χ1n) is 6.73. The Kier molecular flexibility index (Phi) is 4.15. The van der Waals surface area contributed by atoms with E-state index >= 15 is 0 Å². The molecule has 1 aliphatic carbocycles. The molecule has 0 saturated heterocycles. The summed E-state index contributed by atoms with van der Waals surface area (Å²) in [6, 6.07) is 4.16. The van der Waals surface area contributed by atoms with Crippen LogP contribution in [0.25, 0.3) is 0 Å². The van der Waals surface area contributed by atoms with Gasteiger partial charge >= 0.3 is 5.97 Å². The number of carbonyl (C=O) groups is 1. The van der Waals surface area contributed by atoms with Gasteiger partial charge in [0.2, 0.25) is 10.0 Å². The van der Waals surface area contributed by atoms with E-state index in [1.807, 2.05) is 13.8 Å². The zero-order chi connectivity index (χ0) is 14.9. The third-order valence-corrected chi connectivity index (χ3v) is 5.23. The molecule has 0 amide bonds. The molecule has 1 unspecified atom stereocenters. The first kappa shape index (κ1) is 15.0. The van der Waals surface area contributed by atoms with Gasteiger partial charge in [-0.15, -0.1) is 0 Å². The molecular weight excluding hydrogens is 278 g/mol. The molecule has 1 fully saturated rings. The van der Waals surface area contributed by atoms with Crippen LogP contribution in [-0.2, 0) is 16.4 Å². The summed E-state index contributed by atoms with van der Waals surface area (Å²) in [4.78, 5) is 11.2. The molecule has 6 heteroatoms. The topological polar surface area (TPSA) is 83.5 Å². The van der Waals surface area contributed by atoms with Gasteiger partial charge < -0.3 is 5.11 Å². The monoisotopic (exact) mass is 297 g/mol. The number of hydrogen-bond acceptors (Lipinski definition) is 3. The SMILES string of the molecule is CCc1ccc(S(=O)(=O)NC(C)C2CC2)cc1C(=O)O. The fourth-order valence-electron chi connectivity index (χ4n) is 2.24. The van der Waals surface area contributed by atoms with E-state index in [0.717, 1.165) is 12.8 Å². The van der Waals surface area contributed by atoms with Crippen LogP contribution in [0.15, 0.2) is 23.1 Å². The van der Waals surface area contributed by atoms with E-state index in [9.17, 15) is 13.2 Å². The average Bonchev–Trinajstić information content (AvgIpc) is 3.21. The number of aryl methyl sites for hydroxylation is 1. The van der Waals surface area contributed by atoms with Gasteiger partial charge in [-0.2, -0.15) is 0 Å². The standard InChI is InChI=1S/C14H19NO4S/c1-3-10-6-7-12(8-13(10)14(16)17)20(18,19)15-9(2)11-4-5-11/h6-9,11,15H,3-5H2,1-2H3,(H,16,17). The van der Waals surface area contributed by atoms with Gasteiger partial charge in [-0.3, -0.25) is 0 Å². The van der Waals surface area contributed by atoms with Crippen molar-refractivity contribution in [2.45, 2.75) is 44.0 Å². The molecule has 2 rings (SSSR count). The minimum atomic E-state index is -3.66. The van der Waals surface area contributed by atoms with Crippen molar-refractivity contribution >= 4 is 16.0 Å². The first-order valence-corrected chi connectivity index (χ1v) is 8.22. The Morgan fingerprint density at radius 1 is 1.45 bits per heavy atom. The predicted molar refractivity (Wildman–Crippen MR) is 75.3 cm³/mol. The second-order valence-corrected chi connectivity index (χ2v) is 6.94. The predicted octanol–water partition coefficient (Wildman–Crippen LogP) is 2.02. The summed E-state index contributed by atoms with van der Waals surface area (Å²) < 4.78 is 27.1. The maximum atomic E-state index is 12.2. The molecule has 0 bridgehead atoms. The van der Waals surface area contributed by atoms with Crippen LogP contribution in [0.1, 0.15) is 42.6 Å². The molecule has 0 radical (unpaired) electrons. The quantitative estimate of drug-likeness (QED) is 0.841. The van der Waals surface area contributed by atoms with Crippen LogP contribution in [0, 0.1) is 5.92 Å². The van der Waals surface area contributed by atoms with Gasteiger partial charge in [0.15, 0.2) is 0 Å². The molecule has 0 spiro atoms. The van der Waals surface area contributed by atoms with E-state index in [-0.39, 0.29) is 16.5 Å². The number of benzene rings is 1. The van der Waals surface area contributed by atoms with E-state index in [2.05, 4.69) is 4.72 Å². The van der Waals surface area contributed by atoms with Gasteiger partial charge in [0.1, 0.15) is 0 Å². The fourth-order valence-corrected chi connectivity index (χ4v) is 3.57. The van der Waals surface area contributed by atoms with Crippen molar-refractivity contribution < 1.29 is 18.3 Å². The maximum absolute atomic E-state index is 12.2. The van der Waals surface area contributed by atoms with E-state index in [1.165, 1.54) is 12.1 Å². The molecule has 5 nitrogen and oxygen atoms in total. The van der Waals surface area contributed by atoms with Crippen LogP contribution in [0.4, 0.5) is 0 Å². The Morgan fingerprint density at radius 2 is 2.10 bits per heavy atom. The van der Waals surface area contributed by atoms with Crippen molar-refractivity contribution in [3.05, 3.63) is 29.3 Å². The molecule has 1 aromatic carbocycles. The first-order chi connectivity index (χ1) is 9.35. The van der Waals surface area contributed by atoms with Gasteiger partial charge in [-0.1, -0.05) is 13.0 Å². The second kappa shape index (κ2) is 5.54. The molecular formula is C14H19NO4S. The lowest BCUT2D eigenvalue weighted by Crippen LogP contribution is -2.34. The normalized spacial score (nSPS) is 16.9. The number of sulfonamides is 1. The highest BCUT2D eigenvalue weighted by Crippen LogP contribution is 2.33. The highest BCUT2D eigenvalue weighted by Gasteiger charge is 2.31. The number of carboxylic acids is 1. The third kappa shape index (κ3) is 3.19. The van der Waals surface area contributed by atoms with Crippen LogP contribution in [-0.4, -0.2) is 25.5 Å². The summed E-state index contributed by atoms with van der Waals surface area (Å²) in [6.07, 6.45) is 2.63. The molecule has 0 aliphatic heterocycles. The van der Waals surface area contributed by atoms with Gasteiger partial charge in [0, 0.05) is 6.04 Å². The molecule has 0 heterocycles. The highest BCUT2D eigenvalue weighted by atomic mass is 32.2. The van der Waals surface area contributed by atoms with Crippen LogP contribution < -0.4 is 4.72 Å². The van der Waals surface area contributed by atoms with Crippen LogP contribution in [0.2, 0.25) is 0 Å². The minimum Gasteiger partial charge on any atom is -0.478 e. The maximum Gasteiger partial charge on any atom is 0.336 e. The lowest BCUT2D eigenvalue weighted by Gasteiger charge is -2.14. The molecule has 0 aromatic heterocycles. The largest absolute Gasteiger partial charge is 0.478 e. The van der Waals surface area contributed by atoms with Gasteiger partial charge in [-0.05, 0) is 49.8 Å². The molecule has 110 valence electrons. The summed E-state index contributed by atoms with van der Waals surface area (Å²) in [6.45, 7) is 3.68. The Bertz CT molecular complexity index is 620. The third-order valence-electron chi connectivity index (χ3n) is 3.67. The van der Waals surface area contributed by atoms with Crippen molar-refractivity contribution in [3.63, 3.8) is 0 Å². The lowest BCUT2D eigenvalue weighted by molar-refractivity contribution is 0.0695. The highest BCUT2D eigenvalue weighted by molar-refractivity contribution is 7.89. The summed E-state index contributed by atoms with van der Waals surface area (Å²) in [5.74, 6) is -0.701. The Balaban J connectivity index is 2.31. The fraction of sp³-hybridized carbons (Fsp3) is 0.500. The lowest BCUT2D eigenvalue weighted by atomic mass is 10.1. The van der Waals surface area contributed by atoms with E-state index in [0.29, 0.717) is 17.9 Å². The molecule has 2 N–H and O–H groups in total. The molecule has 1 saturated carbocycles.